The number of aromatic nitrogens is 1. The number of carbonyl (C=O) groups is 1. The SMILES string of the molecule is CCC1[C@H](CC)C(Nc2cccc(C)n2)c2ccccc2N1C(C)=O. The van der Waals surface area contributed by atoms with E-state index in [1.807, 2.05) is 36.1 Å². The number of hydrogen-bond donors (Lipinski definition) is 1. The molecule has 1 aromatic heterocycles. The lowest BCUT2D eigenvalue weighted by Gasteiger charge is -2.46. The van der Waals surface area contributed by atoms with Gasteiger partial charge in [-0.05, 0) is 43.5 Å². The molecular formula is C21H27N3O. The van der Waals surface area contributed by atoms with Gasteiger partial charge in [0.15, 0.2) is 0 Å². The molecule has 0 radical (unpaired) electrons. The number of pyridine rings is 1. The second kappa shape index (κ2) is 7.26. The van der Waals surface area contributed by atoms with E-state index in [9.17, 15) is 4.79 Å². The third kappa shape index (κ3) is 3.26. The van der Waals surface area contributed by atoms with Crippen LogP contribution in [0.2, 0.25) is 0 Å². The molecule has 4 nitrogen and oxygen atoms in total. The minimum absolute atomic E-state index is 0.116. The second-order valence-corrected chi connectivity index (χ2v) is 6.78. The minimum atomic E-state index is 0.116. The summed E-state index contributed by atoms with van der Waals surface area (Å²) in [5.74, 6) is 1.35. The molecule has 3 rings (SSSR count). The predicted molar refractivity (Wildman–Crippen MR) is 103 cm³/mol. The standard InChI is InChI=1S/C21H27N3O/c1-5-16-18(6-2)24(15(4)25)19-12-8-7-11-17(19)21(16)23-20-13-9-10-14(3)22-20/h7-13,16,18,21H,5-6H2,1-4H3,(H,22,23)/t16-,18?,21?/m0/s1. The van der Waals surface area contributed by atoms with E-state index in [1.165, 1.54) is 5.56 Å². The van der Waals surface area contributed by atoms with E-state index in [1.54, 1.807) is 6.92 Å². The fourth-order valence-corrected chi connectivity index (χ4v) is 4.16. The summed E-state index contributed by atoms with van der Waals surface area (Å²) in [4.78, 5) is 19.0. The quantitative estimate of drug-likeness (QED) is 0.878. The number of anilines is 2. The average Bonchev–Trinajstić information content (AvgIpc) is 2.60. The summed E-state index contributed by atoms with van der Waals surface area (Å²) in [5, 5.41) is 3.65. The molecule has 3 atom stereocenters. The van der Waals surface area contributed by atoms with Gasteiger partial charge in [-0.2, -0.15) is 0 Å². The summed E-state index contributed by atoms with van der Waals surface area (Å²) in [6.07, 6.45) is 1.94. The Hall–Kier alpha value is -2.36. The summed E-state index contributed by atoms with van der Waals surface area (Å²) in [5.41, 5.74) is 3.20. The number of para-hydroxylation sites is 1. The molecule has 1 aliphatic rings. The van der Waals surface area contributed by atoms with Crippen molar-refractivity contribution >= 4 is 17.4 Å². The lowest BCUT2D eigenvalue weighted by molar-refractivity contribution is -0.117. The maximum Gasteiger partial charge on any atom is 0.224 e. The number of aryl methyl sites for hydroxylation is 1. The van der Waals surface area contributed by atoms with Crippen molar-refractivity contribution in [2.75, 3.05) is 10.2 Å². The Bertz CT molecular complexity index is 758. The highest BCUT2D eigenvalue weighted by Gasteiger charge is 2.40. The summed E-state index contributed by atoms with van der Waals surface area (Å²) >= 11 is 0. The van der Waals surface area contributed by atoms with E-state index in [0.29, 0.717) is 5.92 Å². The maximum absolute atomic E-state index is 12.4. The first kappa shape index (κ1) is 17.5. The molecule has 2 heterocycles. The van der Waals surface area contributed by atoms with Crippen LogP contribution >= 0.6 is 0 Å². The van der Waals surface area contributed by atoms with Crippen LogP contribution in [-0.2, 0) is 4.79 Å². The van der Waals surface area contributed by atoms with Crippen molar-refractivity contribution in [2.24, 2.45) is 5.92 Å². The molecular weight excluding hydrogens is 310 g/mol. The van der Waals surface area contributed by atoms with Crippen molar-refractivity contribution in [3.05, 3.63) is 53.7 Å². The fourth-order valence-electron chi connectivity index (χ4n) is 4.16. The molecule has 1 N–H and O–H groups in total. The Morgan fingerprint density at radius 1 is 1.12 bits per heavy atom. The topological polar surface area (TPSA) is 45.2 Å². The van der Waals surface area contributed by atoms with E-state index in [0.717, 1.165) is 30.0 Å². The molecule has 2 aromatic rings. The molecule has 0 spiro atoms. The van der Waals surface area contributed by atoms with Gasteiger partial charge in [-0.1, -0.05) is 38.1 Å². The zero-order chi connectivity index (χ0) is 18.0. The Labute approximate surface area is 150 Å². The van der Waals surface area contributed by atoms with Crippen molar-refractivity contribution in [3.8, 4) is 0 Å². The highest BCUT2D eigenvalue weighted by Crippen LogP contribution is 2.44. The molecule has 4 heteroatoms. The molecule has 132 valence electrons. The molecule has 1 aromatic carbocycles. The summed E-state index contributed by atoms with van der Waals surface area (Å²) in [7, 11) is 0. The first-order valence-corrected chi connectivity index (χ1v) is 9.15. The van der Waals surface area contributed by atoms with Crippen molar-refractivity contribution in [2.45, 2.75) is 52.6 Å². The van der Waals surface area contributed by atoms with Crippen molar-refractivity contribution in [1.29, 1.82) is 0 Å². The molecule has 0 aliphatic carbocycles. The maximum atomic E-state index is 12.4. The number of hydrogen-bond acceptors (Lipinski definition) is 3. The normalized spacial score (nSPS) is 22.4. The Morgan fingerprint density at radius 3 is 2.52 bits per heavy atom. The monoisotopic (exact) mass is 337 g/mol. The lowest BCUT2D eigenvalue weighted by atomic mass is 9.78. The number of nitrogens with zero attached hydrogens (tertiary/aromatic N) is 2. The first-order valence-electron chi connectivity index (χ1n) is 9.15. The fraction of sp³-hybridized carbons (Fsp3) is 0.429. The van der Waals surface area contributed by atoms with Gasteiger partial charge >= 0.3 is 0 Å². The van der Waals surface area contributed by atoms with Gasteiger partial charge in [0, 0.05) is 30.3 Å². The van der Waals surface area contributed by atoms with Gasteiger partial charge in [0.1, 0.15) is 5.82 Å². The van der Waals surface area contributed by atoms with E-state index in [4.69, 9.17) is 0 Å². The van der Waals surface area contributed by atoms with Crippen molar-refractivity contribution in [3.63, 3.8) is 0 Å². The zero-order valence-electron chi connectivity index (χ0n) is 15.5. The Balaban J connectivity index is 2.08. The number of amides is 1. The van der Waals surface area contributed by atoms with Gasteiger partial charge in [-0.3, -0.25) is 4.79 Å². The Morgan fingerprint density at radius 2 is 1.88 bits per heavy atom. The molecule has 25 heavy (non-hydrogen) atoms. The lowest BCUT2D eigenvalue weighted by Crippen LogP contribution is -2.50. The van der Waals surface area contributed by atoms with Gasteiger partial charge in [-0.25, -0.2) is 4.98 Å². The molecule has 0 saturated heterocycles. The molecule has 2 unspecified atom stereocenters. The number of nitrogens with one attached hydrogen (secondary N) is 1. The van der Waals surface area contributed by atoms with Crippen LogP contribution in [0.1, 0.15) is 50.9 Å². The second-order valence-electron chi connectivity index (χ2n) is 6.78. The van der Waals surface area contributed by atoms with E-state index >= 15 is 0 Å². The number of rotatable bonds is 4. The number of benzene rings is 1. The van der Waals surface area contributed by atoms with Crippen LogP contribution < -0.4 is 10.2 Å². The van der Waals surface area contributed by atoms with E-state index in [-0.39, 0.29) is 18.0 Å². The van der Waals surface area contributed by atoms with Crippen LogP contribution in [0.5, 0.6) is 0 Å². The van der Waals surface area contributed by atoms with Crippen LogP contribution in [0, 0.1) is 12.8 Å². The third-order valence-corrected chi connectivity index (χ3v) is 5.21. The van der Waals surface area contributed by atoms with E-state index < -0.39 is 0 Å². The van der Waals surface area contributed by atoms with Gasteiger partial charge in [-0.15, -0.1) is 0 Å². The number of carbonyl (C=O) groups excluding carboxylic acids is 1. The predicted octanol–water partition coefficient (Wildman–Crippen LogP) is 4.71. The van der Waals surface area contributed by atoms with Crippen LogP contribution in [0.25, 0.3) is 0 Å². The molecule has 1 amide bonds. The van der Waals surface area contributed by atoms with Gasteiger partial charge < -0.3 is 10.2 Å². The highest BCUT2D eigenvalue weighted by atomic mass is 16.2. The Kier molecular flexibility index (Phi) is 5.07. The van der Waals surface area contributed by atoms with Crippen LogP contribution in [0.15, 0.2) is 42.5 Å². The highest BCUT2D eigenvalue weighted by molar-refractivity contribution is 5.94. The first-order chi connectivity index (χ1) is 12.1. The van der Waals surface area contributed by atoms with Crippen molar-refractivity contribution in [1.82, 2.24) is 4.98 Å². The van der Waals surface area contributed by atoms with Crippen LogP contribution in [-0.4, -0.2) is 16.9 Å². The minimum Gasteiger partial charge on any atom is -0.363 e. The number of fused-ring (bicyclic) bond motifs is 1. The molecule has 0 saturated carbocycles. The summed E-state index contributed by atoms with van der Waals surface area (Å²) in [6.45, 7) is 8.04. The van der Waals surface area contributed by atoms with Crippen LogP contribution in [0.4, 0.5) is 11.5 Å². The molecule has 0 bridgehead atoms. The summed E-state index contributed by atoms with van der Waals surface area (Å²) in [6, 6.07) is 14.6. The zero-order valence-corrected chi connectivity index (χ0v) is 15.5. The average molecular weight is 337 g/mol. The van der Waals surface area contributed by atoms with Crippen molar-refractivity contribution < 1.29 is 4.79 Å². The van der Waals surface area contributed by atoms with Crippen LogP contribution in [0.3, 0.4) is 0 Å². The summed E-state index contributed by atoms with van der Waals surface area (Å²) < 4.78 is 0. The largest absolute Gasteiger partial charge is 0.363 e. The van der Waals surface area contributed by atoms with Gasteiger partial charge in [0.25, 0.3) is 0 Å². The molecule has 1 aliphatic heterocycles. The van der Waals surface area contributed by atoms with Gasteiger partial charge in [0.05, 0.1) is 6.04 Å². The van der Waals surface area contributed by atoms with Gasteiger partial charge in [0.2, 0.25) is 5.91 Å². The molecule has 0 fully saturated rings. The third-order valence-electron chi connectivity index (χ3n) is 5.21. The van der Waals surface area contributed by atoms with E-state index in [2.05, 4.69) is 42.3 Å². The smallest absolute Gasteiger partial charge is 0.224 e.